The molecule has 374 valence electrons. The van der Waals surface area contributed by atoms with Gasteiger partial charge in [0.05, 0.1) is 18.6 Å². The van der Waals surface area contributed by atoms with Gasteiger partial charge in [-0.3, -0.25) is 0 Å². The summed E-state index contributed by atoms with van der Waals surface area (Å²) >= 11 is 0. The predicted molar refractivity (Wildman–Crippen MR) is 272 cm³/mol. The minimum Gasteiger partial charge on any atom is -0.492 e. The van der Waals surface area contributed by atoms with Crippen LogP contribution in [0.5, 0.6) is 5.75 Å². The van der Waals surface area contributed by atoms with E-state index in [0.717, 1.165) is 57.7 Å². The quantitative estimate of drug-likeness (QED) is 0.0324. The fourth-order valence-corrected chi connectivity index (χ4v) is 8.60. The fraction of sp³-hybridized carbons (Fsp3) is 0.483. The van der Waals surface area contributed by atoms with Crippen molar-refractivity contribution in [1.29, 1.82) is 0 Å². The van der Waals surface area contributed by atoms with Gasteiger partial charge in [0.25, 0.3) is 0 Å². The Bertz CT molecular complexity index is 2240. The zero-order valence-corrected chi connectivity index (χ0v) is 42.2. The molecule has 11 heteroatoms. The number of benzene rings is 3. The molecular formula is C58H76FNO9. The van der Waals surface area contributed by atoms with Crippen molar-refractivity contribution < 1.29 is 47.3 Å². The summed E-state index contributed by atoms with van der Waals surface area (Å²) in [5, 5.41) is 0. The number of hydrogen-bond acceptors (Lipinski definition) is 10. The molecule has 0 aromatic heterocycles. The van der Waals surface area contributed by atoms with Gasteiger partial charge in [-0.25, -0.2) is 23.6 Å². The van der Waals surface area contributed by atoms with Gasteiger partial charge in [0.1, 0.15) is 31.4 Å². The highest BCUT2D eigenvalue weighted by atomic mass is 19.1. The van der Waals surface area contributed by atoms with Crippen molar-refractivity contribution in [2.45, 2.75) is 131 Å². The summed E-state index contributed by atoms with van der Waals surface area (Å²) in [5.74, 6) is -0.828. The molecule has 69 heavy (non-hydrogen) atoms. The summed E-state index contributed by atoms with van der Waals surface area (Å²) in [6.07, 6.45) is 12.1. The number of ether oxygens (including phenoxy) is 5. The average Bonchev–Trinajstić information content (AvgIpc) is 3.33. The number of halogens is 1. The third-order valence-corrected chi connectivity index (χ3v) is 12.9. The summed E-state index contributed by atoms with van der Waals surface area (Å²) < 4.78 is 45.1. The Morgan fingerprint density at radius 3 is 1.61 bits per heavy atom. The van der Waals surface area contributed by atoms with Crippen LogP contribution < -0.4 is 10.5 Å². The first-order valence-electron chi connectivity index (χ1n) is 24.6. The van der Waals surface area contributed by atoms with E-state index in [1.54, 1.807) is 19.9 Å². The highest BCUT2D eigenvalue weighted by molar-refractivity contribution is 5.88. The van der Waals surface area contributed by atoms with Crippen LogP contribution >= 0.6 is 0 Å². The second-order valence-electron chi connectivity index (χ2n) is 19.0. The molecule has 1 aliphatic rings. The Hall–Kier alpha value is -5.81. The van der Waals surface area contributed by atoms with Gasteiger partial charge < -0.3 is 29.4 Å². The van der Waals surface area contributed by atoms with E-state index in [9.17, 15) is 19.2 Å². The number of hydrogen-bond donors (Lipinski definition) is 1. The molecule has 3 aromatic rings. The van der Waals surface area contributed by atoms with E-state index >= 15 is 4.39 Å². The third kappa shape index (κ3) is 16.7. The molecule has 0 heterocycles. The average molecular weight is 950 g/mol. The zero-order chi connectivity index (χ0) is 50.7. The summed E-state index contributed by atoms with van der Waals surface area (Å²) in [7, 11) is 0. The van der Waals surface area contributed by atoms with Crippen LogP contribution in [0.2, 0.25) is 0 Å². The third-order valence-electron chi connectivity index (χ3n) is 12.9. The summed E-state index contributed by atoms with van der Waals surface area (Å²) in [4.78, 5) is 50.0. The van der Waals surface area contributed by atoms with E-state index in [4.69, 9.17) is 29.4 Å². The van der Waals surface area contributed by atoms with Gasteiger partial charge in [0.15, 0.2) is 0 Å². The SMILES string of the molecule is C=C(C)C(=O)OCCCc1cc(-c2ccc(-c3ccc(C4CCC(CCCCC)CC4)cc3F)cc2CC)cc(CCCOC(=O)C(=C)C)c1OCC(CN)(COC(=O)C(=C)C)COC(=O)C(=C)C. The first-order valence-corrected chi connectivity index (χ1v) is 24.6. The first-order chi connectivity index (χ1) is 32.9. The molecule has 0 saturated heterocycles. The number of rotatable bonds is 28. The smallest absolute Gasteiger partial charge is 0.333 e. The molecule has 10 nitrogen and oxygen atoms in total. The summed E-state index contributed by atoms with van der Waals surface area (Å²) in [6, 6.07) is 15.9. The van der Waals surface area contributed by atoms with Crippen molar-refractivity contribution >= 4 is 23.9 Å². The van der Waals surface area contributed by atoms with Crippen LogP contribution in [0.3, 0.4) is 0 Å². The van der Waals surface area contributed by atoms with E-state index in [-0.39, 0.29) is 67.7 Å². The normalized spacial score (nSPS) is 14.6. The molecule has 2 N–H and O–H groups in total. The van der Waals surface area contributed by atoms with Crippen LogP contribution in [0.25, 0.3) is 22.3 Å². The standard InChI is InChI=1S/C58H76FNO9/c1-11-13-14-17-42-20-22-44(23-21-42)45-24-27-51(52(59)33-45)46-25-26-50(43(12-2)30-46)49-31-47(18-15-28-65-54(61)38(3)4)53(48(32-49)19-16-29-66-55(62)39(5)6)67-35-58(34-60,36-68-56(63)40(7)8)37-69-57(64)41(9)10/h24-27,30-33,42,44H,3,5,7,9,11-23,28-29,34-37,60H2,1-2,4,6,8,10H3. The Morgan fingerprint density at radius 1 is 0.623 bits per heavy atom. The summed E-state index contributed by atoms with van der Waals surface area (Å²) in [6.45, 7) is 24.8. The number of unbranched alkanes of at least 4 members (excludes halogenated alkanes) is 2. The molecule has 1 fully saturated rings. The van der Waals surface area contributed by atoms with Crippen molar-refractivity contribution in [3.8, 4) is 28.0 Å². The largest absolute Gasteiger partial charge is 0.492 e. The van der Waals surface area contributed by atoms with Crippen LogP contribution in [0.15, 0.2) is 97.1 Å². The van der Waals surface area contributed by atoms with E-state index in [2.05, 4.69) is 52.3 Å². The number of nitrogens with two attached hydrogens (primary N) is 1. The summed E-state index contributed by atoms with van der Waals surface area (Å²) in [5.41, 5.74) is 12.9. The van der Waals surface area contributed by atoms with Crippen LogP contribution in [0.1, 0.15) is 134 Å². The molecule has 0 atom stereocenters. The highest BCUT2D eigenvalue weighted by Crippen LogP contribution is 2.41. The Morgan fingerprint density at radius 2 is 1.13 bits per heavy atom. The van der Waals surface area contributed by atoms with Crippen molar-refractivity contribution in [2.24, 2.45) is 17.1 Å². The molecule has 0 radical (unpaired) electrons. The van der Waals surface area contributed by atoms with Gasteiger partial charge in [-0.2, -0.15) is 0 Å². The predicted octanol–water partition coefficient (Wildman–Crippen LogP) is 12.2. The van der Waals surface area contributed by atoms with Gasteiger partial charge in [0.2, 0.25) is 0 Å². The zero-order valence-electron chi connectivity index (χ0n) is 42.2. The van der Waals surface area contributed by atoms with Crippen LogP contribution in [-0.4, -0.2) is 63.5 Å². The maximum atomic E-state index is 16.1. The van der Waals surface area contributed by atoms with E-state index < -0.39 is 29.3 Å². The second-order valence-corrected chi connectivity index (χ2v) is 19.0. The Labute approximate surface area is 410 Å². The van der Waals surface area contributed by atoms with Gasteiger partial charge in [-0.05, 0) is 154 Å². The lowest BCUT2D eigenvalue weighted by atomic mass is 9.77. The Kier molecular flexibility index (Phi) is 22.1. The van der Waals surface area contributed by atoms with Crippen LogP contribution in [-0.2, 0) is 57.4 Å². The van der Waals surface area contributed by atoms with Gasteiger partial charge >= 0.3 is 23.9 Å². The monoisotopic (exact) mass is 950 g/mol. The molecule has 1 aliphatic carbocycles. The van der Waals surface area contributed by atoms with E-state index in [0.29, 0.717) is 49.3 Å². The maximum absolute atomic E-state index is 16.1. The number of carbonyl (C=O) groups is 4. The molecular weight excluding hydrogens is 874 g/mol. The minimum absolute atomic E-state index is 0.0911. The van der Waals surface area contributed by atoms with Gasteiger partial charge in [0, 0.05) is 34.4 Å². The van der Waals surface area contributed by atoms with Crippen molar-refractivity contribution in [3.63, 3.8) is 0 Å². The van der Waals surface area contributed by atoms with E-state index in [1.165, 1.54) is 52.4 Å². The molecule has 0 unspecified atom stereocenters. The number of esters is 4. The lowest BCUT2D eigenvalue weighted by Crippen LogP contribution is -2.46. The van der Waals surface area contributed by atoms with Crippen molar-refractivity contribution in [2.75, 3.05) is 39.6 Å². The fourth-order valence-electron chi connectivity index (χ4n) is 8.60. The lowest BCUT2D eigenvalue weighted by Gasteiger charge is -2.32. The van der Waals surface area contributed by atoms with Gasteiger partial charge in [-0.1, -0.05) is 96.2 Å². The second kappa shape index (κ2) is 27.4. The highest BCUT2D eigenvalue weighted by Gasteiger charge is 2.35. The van der Waals surface area contributed by atoms with E-state index in [1.807, 2.05) is 30.3 Å². The molecule has 0 aliphatic heterocycles. The van der Waals surface area contributed by atoms with Gasteiger partial charge in [-0.15, -0.1) is 0 Å². The molecule has 0 amide bonds. The molecule has 0 bridgehead atoms. The van der Waals surface area contributed by atoms with Crippen molar-refractivity contribution in [1.82, 2.24) is 0 Å². The molecule has 1 saturated carbocycles. The molecule has 0 spiro atoms. The number of carbonyl (C=O) groups excluding carboxylic acids is 4. The Balaban J connectivity index is 1.76. The maximum Gasteiger partial charge on any atom is 0.333 e. The lowest BCUT2D eigenvalue weighted by molar-refractivity contribution is -0.150. The number of aryl methyl sites for hydroxylation is 3. The first kappa shape index (κ1) is 55.8. The topological polar surface area (TPSA) is 140 Å². The molecule has 3 aromatic carbocycles. The van der Waals surface area contributed by atoms with Crippen LogP contribution in [0, 0.1) is 17.2 Å². The molecule has 4 rings (SSSR count). The van der Waals surface area contributed by atoms with Crippen LogP contribution in [0.4, 0.5) is 4.39 Å². The van der Waals surface area contributed by atoms with Crippen molar-refractivity contribution in [3.05, 3.63) is 125 Å². The minimum atomic E-state index is -1.19.